The maximum atomic E-state index is 12.2. The van der Waals surface area contributed by atoms with Crippen molar-refractivity contribution in [1.82, 2.24) is 19.8 Å². The molecule has 1 aliphatic rings. The molecule has 1 fully saturated rings. The predicted molar refractivity (Wildman–Crippen MR) is 81.8 cm³/mol. The van der Waals surface area contributed by atoms with Crippen molar-refractivity contribution < 1.29 is 9.59 Å². The molecule has 2 amide bonds. The second-order valence-corrected chi connectivity index (χ2v) is 5.95. The van der Waals surface area contributed by atoms with Gasteiger partial charge in [-0.2, -0.15) is 0 Å². The third-order valence-electron chi connectivity index (χ3n) is 3.92. The van der Waals surface area contributed by atoms with Gasteiger partial charge in [0.2, 0.25) is 11.8 Å². The Balaban J connectivity index is 1.89. The molecule has 2 heterocycles. The summed E-state index contributed by atoms with van der Waals surface area (Å²) in [6, 6.07) is 0. The Morgan fingerprint density at radius 3 is 2.95 bits per heavy atom. The van der Waals surface area contributed by atoms with Crippen LogP contribution in [-0.2, 0) is 23.2 Å². The number of likely N-dealkylation sites (tertiary alicyclic amines) is 1. The van der Waals surface area contributed by atoms with E-state index in [2.05, 4.69) is 10.3 Å². The Hall–Kier alpha value is -1.50. The first-order valence-corrected chi connectivity index (χ1v) is 8.39. The van der Waals surface area contributed by atoms with E-state index < -0.39 is 0 Å². The van der Waals surface area contributed by atoms with E-state index in [1.807, 2.05) is 24.8 Å². The van der Waals surface area contributed by atoms with Crippen molar-refractivity contribution in [2.24, 2.45) is 13.0 Å². The molecule has 0 radical (unpaired) electrons. The topological polar surface area (TPSA) is 67.2 Å². The van der Waals surface area contributed by atoms with Crippen LogP contribution in [-0.4, -0.2) is 45.6 Å². The van der Waals surface area contributed by atoms with Crippen LogP contribution in [0.5, 0.6) is 0 Å². The van der Waals surface area contributed by atoms with Crippen LogP contribution < -0.4 is 5.32 Å². The molecule has 7 heteroatoms. The van der Waals surface area contributed by atoms with E-state index >= 15 is 0 Å². The van der Waals surface area contributed by atoms with Gasteiger partial charge in [0.05, 0.1) is 24.4 Å². The minimum atomic E-state index is -0.101. The molecule has 1 aliphatic heterocycles. The lowest BCUT2D eigenvalue weighted by Gasteiger charge is -2.31. The van der Waals surface area contributed by atoms with Crippen molar-refractivity contribution in [3.63, 3.8) is 0 Å². The van der Waals surface area contributed by atoms with Crippen LogP contribution in [0.3, 0.4) is 0 Å². The van der Waals surface area contributed by atoms with Gasteiger partial charge in [0.1, 0.15) is 0 Å². The number of nitrogens with zero attached hydrogens (tertiary/aromatic N) is 3. The number of hydrogen-bond donors (Lipinski definition) is 1. The zero-order chi connectivity index (χ0) is 15.4. The van der Waals surface area contributed by atoms with E-state index in [-0.39, 0.29) is 17.7 Å². The van der Waals surface area contributed by atoms with Crippen LogP contribution in [0.2, 0.25) is 0 Å². The lowest BCUT2D eigenvalue weighted by molar-refractivity contribution is -0.138. The summed E-state index contributed by atoms with van der Waals surface area (Å²) in [5.41, 5.74) is 0.979. The van der Waals surface area contributed by atoms with Gasteiger partial charge in [0.25, 0.3) is 0 Å². The number of rotatable bonds is 5. The van der Waals surface area contributed by atoms with Crippen LogP contribution in [0.15, 0.2) is 11.4 Å². The number of carbonyl (C=O) groups excluding carboxylic acids is 2. The first kappa shape index (κ1) is 15.9. The molecule has 1 N–H and O–H groups in total. The van der Waals surface area contributed by atoms with Crippen LogP contribution in [0.4, 0.5) is 0 Å². The van der Waals surface area contributed by atoms with Crippen LogP contribution in [0, 0.1) is 5.92 Å². The van der Waals surface area contributed by atoms with Crippen LogP contribution in [0.1, 0.15) is 25.5 Å². The summed E-state index contributed by atoms with van der Waals surface area (Å²) in [5.74, 6) is 0.0709. The van der Waals surface area contributed by atoms with Gasteiger partial charge in [-0.05, 0) is 19.6 Å². The molecule has 0 aromatic carbocycles. The monoisotopic (exact) mass is 310 g/mol. The summed E-state index contributed by atoms with van der Waals surface area (Å²) in [7, 11) is 1.94. The Kier molecular flexibility index (Phi) is 5.27. The average molecular weight is 310 g/mol. The average Bonchev–Trinajstić information content (AvgIpc) is 2.85. The summed E-state index contributed by atoms with van der Waals surface area (Å²) in [4.78, 5) is 29.9. The number of carbonyl (C=O) groups is 2. The number of hydrogen-bond acceptors (Lipinski definition) is 4. The van der Waals surface area contributed by atoms with Crippen molar-refractivity contribution in [2.75, 3.05) is 19.3 Å². The van der Waals surface area contributed by atoms with Gasteiger partial charge in [-0.15, -0.1) is 0 Å². The van der Waals surface area contributed by atoms with Gasteiger partial charge in [0.15, 0.2) is 5.16 Å². The molecular weight excluding hydrogens is 288 g/mol. The van der Waals surface area contributed by atoms with Crippen molar-refractivity contribution in [2.45, 2.75) is 31.5 Å². The number of aromatic nitrogens is 2. The van der Waals surface area contributed by atoms with Gasteiger partial charge in [0, 0.05) is 26.6 Å². The van der Waals surface area contributed by atoms with Crippen molar-refractivity contribution >= 4 is 23.6 Å². The molecule has 0 unspecified atom stereocenters. The highest BCUT2D eigenvalue weighted by Gasteiger charge is 2.29. The Morgan fingerprint density at radius 2 is 2.33 bits per heavy atom. The van der Waals surface area contributed by atoms with E-state index in [1.165, 1.54) is 0 Å². The second kappa shape index (κ2) is 6.98. The molecule has 1 aromatic heterocycles. The van der Waals surface area contributed by atoms with Crippen molar-refractivity contribution in [1.29, 1.82) is 0 Å². The van der Waals surface area contributed by atoms with Crippen LogP contribution in [0.25, 0.3) is 0 Å². The van der Waals surface area contributed by atoms with Crippen LogP contribution >= 0.6 is 11.8 Å². The fourth-order valence-corrected chi connectivity index (χ4v) is 3.09. The van der Waals surface area contributed by atoms with E-state index in [4.69, 9.17) is 0 Å². The molecule has 6 nitrogen and oxygen atoms in total. The quantitative estimate of drug-likeness (QED) is 0.825. The molecule has 0 spiro atoms. The zero-order valence-electron chi connectivity index (χ0n) is 12.8. The molecule has 0 aliphatic carbocycles. The fourth-order valence-electron chi connectivity index (χ4n) is 2.54. The minimum absolute atomic E-state index is 0.0212. The maximum Gasteiger partial charge on any atom is 0.225 e. The van der Waals surface area contributed by atoms with E-state index in [1.54, 1.807) is 22.9 Å². The minimum Gasteiger partial charge on any atom is -0.350 e. The zero-order valence-corrected chi connectivity index (χ0v) is 13.6. The smallest absolute Gasteiger partial charge is 0.225 e. The van der Waals surface area contributed by atoms with Gasteiger partial charge in [-0.1, -0.05) is 11.8 Å². The van der Waals surface area contributed by atoms with E-state index in [0.717, 1.165) is 10.9 Å². The Bertz CT molecular complexity index is 529. The van der Waals surface area contributed by atoms with Gasteiger partial charge in [-0.3, -0.25) is 9.59 Å². The lowest BCUT2D eigenvalue weighted by atomic mass is 9.96. The molecule has 1 aromatic rings. The lowest BCUT2D eigenvalue weighted by Crippen LogP contribution is -2.45. The highest BCUT2D eigenvalue weighted by atomic mass is 32.2. The summed E-state index contributed by atoms with van der Waals surface area (Å²) in [6.07, 6.45) is 4.87. The molecule has 1 atom stereocenters. The molecule has 0 bridgehead atoms. The standard InChI is InChI=1S/C14H22N4O2S/c1-4-18-9-10(5-6-12(18)19)13(20)15-7-11-8-16-14(21-3)17(11)2/h8,10H,4-7,9H2,1-3H3,(H,15,20)/t10-/m1/s1. The highest BCUT2D eigenvalue weighted by Crippen LogP contribution is 2.18. The Labute approximate surface area is 129 Å². The van der Waals surface area contributed by atoms with Gasteiger partial charge in [-0.25, -0.2) is 4.98 Å². The number of amides is 2. The summed E-state index contributed by atoms with van der Waals surface area (Å²) >= 11 is 1.58. The molecule has 21 heavy (non-hydrogen) atoms. The van der Waals surface area contributed by atoms with Gasteiger partial charge >= 0.3 is 0 Å². The molecule has 116 valence electrons. The molecule has 1 saturated heterocycles. The van der Waals surface area contributed by atoms with Crippen molar-refractivity contribution in [3.05, 3.63) is 11.9 Å². The van der Waals surface area contributed by atoms with Gasteiger partial charge < -0.3 is 14.8 Å². The predicted octanol–water partition coefficient (Wildman–Crippen LogP) is 1.02. The summed E-state index contributed by atoms with van der Waals surface area (Å²) in [5, 5.41) is 3.89. The third kappa shape index (κ3) is 3.58. The summed E-state index contributed by atoms with van der Waals surface area (Å²) < 4.78 is 1.98. The first-order chi connectivity index (χ1) is 10.1. The Morgan fingerprint density at radius 1 is 1.57 bits per heavy atom. The summed E-state index contributed by atoms with van der Waals surface area (Å²) in [6.45, 7) is 3.61. The maximum absolute atomic E-state index is 12.2. The molecule has 2 rings (SSSR count). The largest absolute Gasteiger partial charge is 0.350 e. The van der Waals surface area contributed by atoms with E-state index in [0.29, 0.717) is 32.5 Å². The fraction of sp³-hybridized carbons (Fsp3) is 0.643. The number of imidazole rings is 1. The second-order valence-electron chi connectivity index (χ2n) is 5.18. The van der Waals surface area contributed by atoms with Crippen molar-refractivity contribution in [3.8, 4) is 0 Å². The molecule has 0 saturated carbocycles. The number of piperidine rings is 1. The SMILES string of the molecule is CCN1C[C@H](C(=O)NCc2cnc(SC)n2C)CCC1=O. The number of thioether (sulfide) groups is 1. The third-order valence-corrected chi connectivity index (χ3v) is 4.67. The molecular formula is C14H22N4O2S. The number of nitrogens with one attached hydrogen (secondary N) is 1. The highest BCUT2D eigenvalue weighted by molar-refractivity contribution is 7.98. The first-order valence-electron chi connectivity index (χ1n) is 7.16. The normalized spacial score (nSPS) is 18.9. The van der Waals surface area contributed by atoms with E-state index in [9.17, 15) is 9.59 Å².